The van der Waals surface area contributed by atoms with E-state index < -0.39 is 0 Å². The van der Waals surface area contributed by atoms with E-state index in [0.717, 1.165) is 11.1 Å². The predicted molar refractivity (Wildman–Crippen MR) is 74.1 cm³/mol. The summed E-state index contributed by atoms with van der Waals surface area (Å²) >= 11 is 0. The largest absolute Gasteiger partial charge is 0.344 e. The number of rotatable bonds is 2. The van der Waals surface area contributed by atoms with E-state index in [0.29, 0.717) is 17.6 Å². The van der Waals surface area contributed by atoms with Crippen LogP contribution in [0.1, 0.15) is 11.1 Å². The molecule has 6 nitrogen and oxygen atoms in total. The van der Waals surface area contributed by atoms with E-state index >= 15 is 0 Å². The predicted octanol–water partition coefficient (Wildman–Crippen LogP) is 1.89. The minimum Gasteiger partial charge on any atom is -0.332 e. The molecule has 0 atom stereocenters. The van der Waals surface area contributed by atoms with Gasteiger partial charge in [-0.15, -0.1) is 5.10 Å². The zero-order valence-corrected chi connectivity index (χ0v) is 10.9. The highest BCUT2D eigenvalue weighted by Crippen LogP contribution is 2.09. The fraction of sp³-hybridized carbons (Fsp3) is 0.143. The first kappa shape index (κ1) is 12.3. The molecule has 1 amide bonds. The van der Waals surface area contributed by atoms with Gasteiger partial charge in [0.2, 0.25) is 0 Å². The van der Waals surface area contributed by atoms with Gasteiger partial charge < -0.3 is 5.32 Å². The maximum Gasteiger partial charge on any atom is 0.344 e. The Morgan fingerprint density at radius 3 is 3.00 bits per heavy atom. The molecular formula is C14H13N5O. The summed E-state index contributed by atoms with van der Waals surface area (Å²) in [4.78, 5) is 16.1. The zero-order valence-electron chi connectivity index (χ0n) is 10.9. The van der Waals surface area contributed by atoms with Crippen molar-refractivity contribution in [3.8, 4) is 0 Å². The third-order valence-corrected chi connectivity index (χ3v) is 3.13. The van der Waals surface area contributed by atoms with E-state index in [9.17, 15) is 4.79 Å². The molecule has 0 aliphatic carbocycles. The van der Waals surface area contributed by atoms with Gasteiger partial charge in [-0.1, -0.05) is 29.5 Å². The topological polar surface area (TPSA) is 72.7 Å². The van der Waals surface area contributed by atoms with E-state index in [1.165, 1.54) is 4.68 Å². The maximum atomic E-state index is 12.1. The molecule has 100 valence electrons. The number of fused-ring (bicyclic) bond motifs is 1. The molecule has 0 fully saturated rings. The van der Waals surface area contributed by atoms with Crippen LogP contribution in [0, 0.1) is 6.92 Å². The first-order chi connectivity index (χ1) is 9.75. The number of amides is 1. The monoisotopic (exact) mass is 267 g/mol. The number of aromatic nitrogens is 4. The van der Waals surface area contributed by atoms with E-state index in [4.69, 9.17) is 0 Å². The molecule has 1 aromatic carbocycles. The second kappa shape index (κ2) is 5.08. The molecule has 0 aliphatic rings. The molecule has 2 aromatic heterocycles. The number of nitrogens with zero attached hydrogens (tertiary/aromatic N) is 4. The maximum absolute atomic E-state index is 12.1. The molecule has 0 aliphatic heterocycles. The van der Waals surface area contributed by atoms with Crippen LogP contribution < -0.4 is 5.32 Å². The number of hydrogen-bond donors (Lipinski definition) is 1. The van der Waals surface area contributed by atoms with Gasteiger partial charge in [0, 0.05) is 12.7 Å². The normalized spacial score (nSPS) is 10.7. The lowest BCUT2D eigenvalue weighted by Crippen LogP contribution is -2.29. The summed E-state index contributed by atoms with van der Waals surface area (Å²) in [5.41, 5.74) is 3.45. The highest BCUT2D eigenvalue weighted by Gasteiger charge is 2.11. The van der Waals surface area contributed by atoms with Crippen LogP contribution in [-0.4, -0.2) is 26.0 Å². The van der Waals surface area contributed by atoms with Gasteiger partial charge in [0.05, 0.1) is 6.20 Å². The number of hydrogen-bond acceptors (Lipinski definition) is 4. The third kappa shape index (κ3) is 2.23. The van der Waals surface area contributed by atoms with Gasteiger partial charge in [0.1, 0.15) is 11.0 Å². The van der Waals surface area contributed by atoms with Gasteiger partial charge in [-0.05, 0) is 24.1 Å². The molecule has 0 unspecified atom stereocenters. The molecular weight excluding hydrogens is 254 g/mol. The SMILES string of the molecule is Cc1ccccc1CNC(=O)n1nnc2cnccc21. The van der Waals surface area contributed by atoms with Gasteiger partial charge >= 0.3 is 6.03 Å². The minimum absolute atomic E-state index is 0.304. The number of carbonyl (C=O) groups is 1. The lowest BCUT2D eigenvalue weighted by molar-refractivity contribution is 0.239. The molecule has 20 heavy (non-hydrogen) atoms. The van der Waals surface area contributed by atoms with Gasteiger partial charge in [0.25, 0.3) is 0 Å². The van der Waals surface area contributed by atoms with Crippen LogP contribution in [0.3, 0.4) is 0 Å². The molecule has 3 aromatic rings. The summed E-state index contributed by atoms with van der Waals surface area (Å²) in [5, 5.41) is 10.6. The highest BCUT2D eigenvalue weighted by atomic mass is 16.2. The molecule has 0 spiro atoms. The zero-order chi connectivity index (χ0) is 13.9. The quantitative estimate of drug-likeness (QED) is 0.769. The lowest BCUT2D eigenvalue weighted by atomic mass is 10.1. The number of aryl methyl sites for hydroxylation is 1. The number of nitrogens with one attached hydrogen (secondary N) is 1. The van der Waals surface area contributed by atoms with Crippen molar-refractivity contribution in [2.75, 3.05) is 0 Å². The lowest BCUT2D eigenvalue weighted by Gasteiger charge is -2.07. The molecule has 1 N–H and O–H groups in total. The summed E-state index contributed by atoms with van der Waals surface area (Å²) in [6, 6.07) is 9.32. The van der Waals surface area contributed by atoms with Crippen LogP contribution in [0.4, 0.5) is 4.79 Å². The molecule has 0 saturated carbocycles. The van der Waals surface area contributed by atoms with E-state index in [1.807, 2.05) is 31.2 Å². The Morgan fingerprint density at radius 2 is 2.15 bits per heavy atom. The van der Waals surface area contributed by atoms with Crippen LogP contribution in [-0.2, 0) is 6.54 Å². The van der Waals surface area contributed by atoms with Crippen molar-refractivity contribution >= 4 is 17.1 Å². The molecule has 3 rings (SSSR count). The summed E-state index contributed by atoms with van der Waals surface area (Å²) in [7, 11) is 0. The van der Waals surface area contributed by atoms with Crippen molar-refractivity contribution in [3.63, 3.8) is 0 Å². The van der Waals surface area contributed by atoms with Crippen LogP contribution in [0.15, 0.2) is 42.7 Å². The summed E-state index contributed by atoms with van der Waals surface area (Å²) < 4.78 is 1.25. The van der Waals surface area contributed by atoms with Crippen LogP contribution in [0.25, 0.3) is 11.0 Å². The average Bonchev–Trinajstić information content (AvgIpc) is 2.90. The van der Waals surface area contributed by atoms with Gasteiger partial charge in [-0.2, -0.15) is 4.68 Å². The standard InChI is InChI=1S/C14H13N5O/c1-10-4-2-3-5-11(10)8-16-14(20)19-13-6-7-15-9-12(13)17-18-19/h2-7,9H,8H2,1H3,(H,16,20). The second-order valence-corrected chi connectivity index (χ2v) is 4.45. The van der Waals surface area contributed by atoms with Crippen molar-refractivity contribution in [1.82, 2.24) is 25.3 Å². The summed E-state index contributed by atoms with van der Waals surface area (Å²) in [6.07, 6.45) is 3.18. The molecule has 0 saturated heterocycles. The Balaban J connectivity index is 1.79. The number of carbonyl (C=O) groups excluding carboxylic acids is 1. The van der Waals surface area contributed by atoms with Gasteiger partial charge in [0.15, 0.2) is 0 Å². The minimum atomic E-state index is -0.304. The Bertz CT molecular complexity index is 765. The Kier molecular flexibility index (Phi) is 3.12. The van der Waals surface area contributed by atoms with E-state index in [1.54, 1.807) is 18.5 Å². The highest BCUT2D eigenvalue weighted by molar-refractivity contribution is 5.87. The average molecular weight is 267 g/mol. The fourth-order valence-corrected chi connectivity index (χ4v) is 1.98. The van der Waals surface area contributed by atoms with Crippen molar-refractivity contribution in [1.29, 1.82) is 0 Å². The second-order valence-electron chi connectivity index (χ2n) is 4.45. The van der Waals surface area contributed by atoms with Crippen molar-refractivity contribution in [2.45, 2.75) is 13.5 Å². The van der Waals surface area contributed by atoms with Crippen LogP contribution >= 0.6 is 0 Å². The van der Waals surface area contributed by atoms with Gasteiger partial charge in [-0.25, -0.2) is 4.79 Å². The van der Waals surface area contributed by atoms with Crippen LogP contribution in [0.5, 0.6) is 0 Å². The summed E-state index contributed by atoms with van der Waals surface area (Å²) in [5.74, 6) is 0. The molecule has 2 heterocycles. The summed E-state index contributed by atoms with van der Waals surface area (Å²) in [6.45, 7) is 2.47. The van der Waals surface area contributed by atoms with E-state index in [-0.39, 0.29) is 6.03 Å². The number of benzene rings is 1. The van der Waals surface area contributed by atoms with Crippen molar-refractivity contribution in [2.24, 2.45) is 0 Å². The van der Waals surface area contributed by atoms with Crippen molar-refractivity contribution in [3.05, 3.63) is 53.9 Å². The van der Waals surface area contributed by atoms with Crippen molar-refractivity contribution < 1.29 is 4.79 Å². The smallest absolute Gasteiger partial charge is 0.332 e. The Morgan fingerprint density at radius 1 is 1.30 bits per heavy atom. The third-order valence-electron chi connectivity index (χ3n) is 3.13. The van der Waals surface area contributed by atoms with Crippen LogP contribution in [0.2, 0.25) is 0 Å². The fourth-order valence-electron chi connectivity index (χ4n) is 1.98. The first-order valence-corrected chi connectivity index (χ1v) is 6.24. The molecule has 0 radical (unpaired) electrons. The van der Waals surface area contributed by atoms with E-state index in [2.05, 4.69) is 20.6 Å². The Hall–Kier alpha value is -2.76. The number of pyridine rings is 1. The molecule has 0 bridgehead atoms. The molecule has 6 heteroatoms. The first-order valence-electron chi connectivity index (χ1n) is 6.24. The van der Waals surface area contributed by atoms with Gasteiger partial charge in [-0.3, -0.25) is 4.98 Å². The Labute approximate surface area is 115 Å².